The lowest BCUT2D eigenvalue weighted by molar-refractivity contribution is -0.383. The van der Waals surface area contributed by atoms with Crippen molar-refractivity contribution in [1.29, 1.82) is 0 Å². The lowest BCUT2D eigenvalue weighted by Crippen LogP contribution is -2.14. The number of anilines is 1. The van der Waals surface area contributed by atoms with Gasteiger partial charge in [0.1, 0.15) is 5.82 Å². The van der Waals surface area contributed by atoms with E-state index in [0.717, 1.165) is 12.1 Å². The van der Waals surface area contributed by atoms with Gasteiger partial charge in [-0.1, -0.05) is 18.2 Å². The van der Waals surface area contributed by atoms with Gasteiger partial charge in [-0.15, -0.1) is 0 Å². The largest absolute Gasteiger partial charge is 0.279 e. The smallest absolute Gasteiger partial charge is 0.277 e. The zero-order valence-electron chi connectivity index (χ0n) is 13.1. The minimum Gasteiger partial charge on any atom is -0.279 e. The second kappa shape index (κ2) is 6.14. The van der Waals surface area contributed by atoms with E-state index >= 15 is 0 Å². The summed E-state index contributed by atoms with van der Waals surface area (Å²) in [5, 5.41) is 11.9. The molecule has 0 aliphatic carbocycles. The van der Waals surface area contributed by atoms with Crippen molar-refractivity contribution in [2.75, 3.05) is 4.72 Å². The molecule has 6 nitrogen and oxygen atoms in total. The number of rotatable bonds is 4. The average Bonchev–Trinajstić information content (AvgIpc) is 2.53. The molecule has 0 unspecified atom stereocenters. The van der Waals surface area contributed by atoms with Gasteiger partial charge < -0.3 is 0 Å². The molecule has 128 valence electrons. The summed E-state index contributed by atoms with van der Waals surface area (Å²) in [5.41, 5.74) is 0.361. The Bertz CT molecular complexity index is 1100. The topological polar surface area (TPSA) is 89.3 Å². The lowest BCUT2D eigenvalue weighted by atomic mass is 10.1. The number of aryl methyl sites for hydroxylation is 1. The Kier molecular flexibility index (Phi) is 4.13. The summed E-state index contributed by atoms with van der Waals surface area (Å²) in [6.45, 7) is 1.49. The number of benzene rings is 3. The third-order valence-electron chi connectivity index (χ3n) is 3.77. The molecular weight excluding hydrogens is 347 g/mol. The van der Waals surface area contributed by atoms with E-state index in [1.807, 2.05) is 0 Å². The fourth-order valence-electron chi connectivity index (χ4n) is 2.66. The van der Waals surface area contributed by atoms with Gasteiger partial charge in [0, 0.05) is 11.5 Å². The minimum atomic E-state index is -3.97. The summed E-state index contributed by atoms with van der Waals surface area (Å²) in [6, 6.07) is 12.4. The molecule has 0 saturated heterocycles. The Morgan fingerprint density at radius 1 is 1.04 bits per heavy atom. The van der Waals surface area contributed by atoms with Crippen LogP contribution in [-0.4, -0.2) is 13.3 Å². The van der Waals surface area contributed by atoms with Crippen molar-refractivity contribution < 1.29 is 17.7 Å². The highest BCUT2D eigenvalue weighted by Crippen LogP contribution is 2.32. The van der Waals surface area contributed by atoms with Crippen LogP contribution in [0.4, 0.5) is 15.8 Å². The van der Waals surface area contributed by atoms with E-state index in [9.17, 15) is 22.9 Å². The number of nitro groups is 1. The number of nitrogens with zero attached hydrogens (tertiary/aromatic N) is 1. The fraction of sp³-hybridized carbons (Fsp3) is 0.0588. The number of fused-ring (bicyclic) bond motifs is 1. The van der Waals surface area contributed by atoms with E-state index in [2.05, 4.69) is 4.72 Å². The van der Waals surface area contributed by atoms with Crippen molar-refractivity contribution in [2.24, 2.45) is 0 Å². The summed E-state index contributed by atoms with van der Waals surface area (Å²) >= 11 is 0. The first-order valence-electron chi connectivity index (χ1n) is 7.25. The Hall–Kier alpha value is -3.00. The van der Waals surface area contributed by atoms with Gasteiger partial charge in [-0.2, -0.15) is 0 Å². The van der Waals surface area contributed by atoms with Crippen LogP contribution in [-0.2, 0) is 10.0 Å². The first-order valence-corrected chi connectivity index (χ1v) is 8.73. The van der Waals surface area contributed by atoms with Crippen molar-refractivity contribution in [1.82, 2.24) is 0 Å². The van der Waals surface area contributed by atoms with Crippen molar-refractivity contribution in [3.05, 3.63) is 76.1 Å². The molecule has 0 spiro atoms. The van der Waals surface area contributed by atoms with E-state index in [0.29, 0.717) is 10.8 Å². The second-order valence-corrected chi connectivity index (χ2v) is 7.10. The molecule has 0 aliphatic heterocycles. The van der Waals surface area contributed by atoms with Gasteiger partial charge in [0.2, 0.25) is 0 Å². The average molecular weight is 360 g/mol. The predicted molar refractivity (Wildman–Crippen MR) is 92.5 cm³/mol. The molecule has 0 atom stereocenters. The summed E-state index contributed by atoms with van der Waals surface area (Å²) in [5.74, 6) is -0.530. The number of hydrogen-bond acceptors (Lipinski definition) is 4. The van der Waals surface area contributed by atoms with Crippen LogP contribution in [0, 0.1) is 22.9 Å². The summed E-state index contributed by atoms with van der Waals surface area (Å²) in [7, 11) is -3.97. The van der Waals surface area contributed by atoms with Crippen molar-refractivity contribution in [3.8, 4) is 0 Å². The van der Waals surface area contributed by atoms with E-state index < -0.39 is 20.8 Å². The quantitative estimate of drug-likeness (QED) is 0.562. The fourth-order valence-corrected chi connectivity index (χ4v) is 3.96. The Morgan fingerprint density at radius 3 is 2.40 bits per heavy atom. The van der Waals surface area contributed by atoms with E-state index in [1.165, 1.54) is 37.3 Å². The van der Waals surface area contributed by atoms with Crippen LogP contribution >= 0.6 is 0 Å². The molecule has 3 rings (SSSR count). The van der Waals surface area contributed by atoms with Crippen molar-refractivity contribution in [3.63, 3.8) is 0 Å². The first-order chi connectivity index (χ1) is 11.8. The molecule has 0 radical (unpaired) electrons. The SMILES string of the molecule is Cc1cc(F)ccc1S(=O)(=O)Nc1cccc2c([N+](=O)[O-])cccc12. The van der Waals surface area contributed by atoms with Crippen LogP contribution in [0.2, 0.25) is 0 Å². The second-order valence-electron chi connectivity index (χ2n) is 5.45. The number of nitrogens with one attached hydrogen (secondary N) is 1. The maximum Gasteiger partial charge on any atom is 0.277 e. The Morgan fingerprint density at radius 2 is 1.72 bits per heavy atom. The molecule has 0 bridgehead atoms. The van der Waals surface area contributed by atoms with E-state index in [4.69, 9.17) is 0 Å². The summed E-state index contributed by atoms with van der Waals surface area (Å²) in [4.78, 5) is 10.6. The van der Waals surface area contributed by atoms with E-state index in [1.54, 1.807) is 12.1 Å². The Labute approximate surface area is 143 Å². The highest BCUT2D eigenvalue weighted by Gasteiger charge is 2.20. The summed E-state index contributed by atoms with van der Waals surface area (Å²) < 4.78 is 40.9. The maximum absolute atomic E-state index is 13.2. The molecule has 25 heavy (non-hydrogen) atoms. The molecular formula is C17H13FN2O4S. The molecule has 0 heterocycles. The van der Waals surface area contributed by atoms with Gasteiger partial charge in [-0.3, -0.25) is 14.8 Å². The van der Waals surface area contributed by atoms with Crippen LogP contribution < -0.4 is 4.72 Å². The lowest BCUT2D eigenvalue weighted by Gasteiger charge is -2.12. The third-order valence-corrected chi connectivity index (χ3v) is 5.29. The van der Waals surface area contributed by atoms with Gasteiger partial charge in [0.15, 0.2) is 0 Å². The standard InChI is InChI=1S/C17H13FN2O4S/c1-11-10-12(18)8-9-17(11)25(23,24)19-15-6-2-5-14-13(15)4-3-7-16(14)20(21)22/h2-10,19H,1H3. The molecule has 8 heteroatoms. The highest BCUT2D eigenvalue weighted by atomic mass is 32.2. The zero-order valence-corrected chi connectivity index (χ0v) is 13.9. The number of non-ortho nitro benzene ring substituents is 1. The van der Waals surface area contributed by atoms with Gasteiger partial charge >= 0.3 is 0 Å². The monoisotopic (exact) mass is 360 g/mol. The number of sulfonamides is 1. The Balaban J connectivity index is 2.12. The number of halogens is 1. The van der Waals surface area contributed by atoms with Gasteiger partial charge in [0.05, 0.1) is 20.9 Å². The molecule has 3 aromatic rings. The van der Waals surface area contributed by atoms with Gasteiger partial charge in [0.25, 0.3) is 15.7 Å². The minimum absolute atomic E-state index is 0.0590. The first kappa shape index (κ1) is 16.8. The number of hydrogen-bond donors (Lipinski definition) is 1. The van der Waals surface area contributed by atoms with Crippen LogP contribution in [0.5, 0.6) is 0 Å². The normalized spacial score (nSPS) is 11.4. The molecule has 3 aromatic carbocycles. The van der Waals surface area contributed by atoms with Crippen LogP contribution in [0.1, 0.15) is 5.56 Å². The van der Waals surface area contributed by atoms with Crippen LogP contribution in [0.15, 0.2) is 59.5 Å². The summed E-state index contributed by atoms with van der Waals surface area (Å²) in [6.07, 6.45) is 0. The van der Waals surface area contributed by atoms with E-state index in [-0.39, 0.29) is 21.8 Å². The molecule has 0 fully saturated rings. The molecule has 0 amide bonds. The third kappa shape index (κ3) is 3.16. The molecule has 0 saturated carbocycles. The molecule has 0 aliphatic rings. The molecule has 1 N–H and O–H groups in total. The van der Waals surface area contributed by atoms with Gasteiger partial charge in [-0.25, -0.2) is 12.8 Å². The number of nitro benzene ring substituents is 1. The van der Waals surface area contributed by atoms with Crippen molar-refractivity contribution >= 4 is 32.2 Å². The van der Waals surface area contributed by atoms with Crippen LogP contribution in [0.25, 0.3) is 10.8 Å². The maximum atomic E-state index is 13.2. The van der Waals surface area contributed by atoms with Gasteiger partial charge in [-0.05, 0) is 42.8 Å². The predicted octanol–water partition coefficient (Wildman–Crippen LogP) is 4.00. The zero-order chi connectivity index (χ0) is 18.2. The molecule has 0 aromatic heterocycles. The highest BCUT2D eigenvalue weighted by molar-refractivity contribution is 7.92. The van der Waals surface area contributed by atoms with Crippen molar-refractivity contribution in [2.45, 2.75) is 11.8 Å². The van der Waals surface area contributed by atoms with Crippen LogP contribution in [0.3, 0.4) is 0 Å².